The first-order valence-electron chi connectivity index (χ1n) is 7.30. The molecule has 0 spiro atoms. The molecule has 3 rings (SSSR count). The van der Waals surface area contributed by atoms with Gasteiger partial charge >= 0.3 is 0 Å². The topological polar surface area (TPSA) is 47.1 Å². The average Bonchev–Trinajstić information content (AvgIpc) is 2.72. The Morgan fingerprint density at radius 1 is 1.35 bits per heavy atom. The molecule has 0 atom stereocenters. The van der Waals surface area contributed by atoms with Gasteiger partial charge in [-0.1, -0.05) is 24.6 Å². The maximum atomic E-state index is 6.31. The zero-order valence-corrected chi connectivity index (χ0v) is 12.5. The summed E-state index contributed by atoms with van der Waals surface area (Å²) in [6.45, 7) is 5.24. The lowest BCUT2D eigenvalue weighted by Gasteiger charge is -2.31. The van der Waals surface area contributed by atoms with E-state index >= 15 is 0 Å². The third-order valence-corrected chi connectivity index (χ3v) is 4.07. The Hall–Kier alpha value is -1.97. The second-order valence-corrected chi connectivity index (χ2v) is 5.55. The Labute approximate surface area is 120 Å². The second-order valence-electron chi connectivity index (χ2n) is 5.55. The van der Waals surface area contributed by atoms with Crippen LogP contribution in [0.4, 0.5) is 17.2 Å². The highest BCUT2D eigenvalue weighted by Crippen LogP contribution is 2.37. The Morgan fingerprint density at radius 2 is 2.15 bits per heavy atom. The van der Waals surface area contributed by atoms with E-state index in [1.165, 1.54) is 16.8 Å². The maximum Gasteiger partial charge on any atom is 0.154 e. The van der Waals surface area contributed by atoms with Gasteiger partial charge in [0.1, 0.15) is 0 Å². The van der Waals surface area contributed by atoms with Gasteiger partial charge in [0.25, 0.3) is 0 Å². The van der Waals surface area contributed by atoms with Gasteiger partial charge in [-0.15, -0.1) is 0 Å². The van der Waals surface area contributed by atoms with Crippen molar-refractivity contribution in [3.05, 3.63) is 35.0 Å². The van der Waals surface area contributed by atoms with E-state index in [-0.39, 0.29) is 0 Å². The lowest BCUT2D eigenvalue weighted by Crippen LogP contribution is -2.27. The van der Waals surface area contributed by atoms with Crippen molar-refractivity contribution in [3.63, 3.8) is 0 Å². The van der Waals surface area contributed by atoms with Crippen LogP contribution >= 0.6 is 0 Å². The van der Waals surface area contributed by atoms with E-state index in [1.807, 2.05) is 11.7 Å². The van der Waals surface area contributed by atoms with Gasteiger partial charge in [0, 0.05) is 19.3 Å². The normalized spacial score (nSPS) is 14.4. The monoisotopic (exact) mass is 270 g/mol. The fourth-order valence-electron chi connectivity index (χ4n) is 3.11. The molecule has 1 aliphatic heterocycles. The van der Waals surface area contributed by atoms with Crippen molar-refractivity contribution >= 4 is 17.2 Å². The minimum Gasteiger partial charge on any atom is -0.394 e. The van der Waals surface area contributed by atoms with Crippen LogP contribution in [0.5, 0.6) is 0 Å². The summed E-state index contributed by atoms with van der Waals surface area (Å²) in [7, 11) is 1.98. The Kier molecular flexibility index (Phi) is 3.16. The van der Waals surface area contributed by atoms with Gasteiger partial charge in [0.05, 0.1) is 11.4 Å². The second kappa shape index (κ2) is 4.85. The average molecular weight is 270 g/mol. The van der Waals surface area contributed by atoms with E-state index < -0.39 is 0 Å². The fourth-order valence-corrected chi connectivity index (χ4v) is 3.11. The minimum atomic E-state index is 0.823. The molecule has 1 aliphatic rings. The molecule has 0 saturated heterocycles. The molecule has 0 radical (unpaired) electrons. The van der Waals surface area contributed by atoms with Crippen LogP contribution in [0.3, 0.4) is 0 Å². The van der Waals surface area contributed by atoms with E-state index in [1.54, 1.807) is 0 Å². The molecule has 106 valence electrons. The number of hydrogen-bond acceptors (Lipinski definition) is 3. The van der Waals surface area contributed by atoms with Crippen molar-refractivity contribution in [2.75, 3.05) is 17.2 Å². The summed E-state index contributed by atoms with van der Waals surface area (Å²) in [4.78, 5) is 2.32. The van der Waals surface area contributed by atoms with Crippen molar-refractivity contribution in [2.24, 2.45) is 7.05 Å². The lowest BCUT2D eigenvalue weighted by molar-refractivity contribution is 0.700. The van der Waals surface area contributed by atoms with E-state index in [9.17, 15) is 0 Å². The van der Waals surface area contributed by atoms with Crippen molar-refractivity contribution in [3.8, 4) is 0 Å². The first-order valence-corrected chi connectivity index (χ1v) is 7.30. The number of hydrogen-bond donors (Lipinski definition) is 1. The Morgan fingerprint density at radius 3 is 2.85 bits per heavy atom. The molecule has 0 fully saturated rings. The van der Waals surface area contributed by atoms with E-state index in [0.29, 0.717) is 0 Å². The summed E-state index contributed by atoms with van der Waals surface area (Å²) in [6.07, 6.45) is 3.17. The molecule has 2 heterocycles. The van der Waals surface area contributed by atoms with Crippen LogP contribution in [0, 0.1) is 6.92 Å². The molecule has 0 amide bonds. The van der Waals surface area contributed by atoms with Gasteiger partial charge < -0.3 is 10.6 Å². The maximum absolute atomic E-state index is 6.31. The molecule has 0 unspecified atom stereocenters. The highest BCUT2D eigenvalue weighted by atomic mass is 15.4. The van der Waals surface area contributed by atoms with Gasteiger partial charge in [-0.2, -0.15) is 5.10 Å². The highest BCUT2D eigenvalue weighted by Gasteiger charge is 2.24. The van der Waals surface area contributed by atoms with Gasteiger partial charge in [0.2, 0.25) is 0 Å². The Bertz CT molecular complexity index is 642. The fraction of sp³-hybridized carbons (Fsp3) is 0.438. The first-order chi connectivity index (χ1) is 9.61. The number of aryl methyl sites for hydroxylation is 4. The van der Waals surface area contributed by atoms with Gasteiger partial charge in [-0.05, 0) is 37.8 Å². The molecule has 4 heteroatoms. The molecule has 0 aliphatic carbocycles. The van der Waals surface area contributed by atoms with Crippen LogP contribution in [-0.2, 0) is 19.9 Å². The third-order valence-electron chi connectivity index (χ3n) is 4.07. The van der Waals surface area contributed by atoms with Gasteiger partial charge in [-0.25, -0.2) is 0 Å². The summed E-state index contributed by atoms with van der Waals surface area (Å²) in [5.74, 6) is 1.03. The van der Waals surface area contributed by atoms with E-state index in [4.69, 9.17) is 5.73 Å². The molecule has 20 heavy (non-hydrogen) atoms. The van der Waals surface area contributed by atoms with Crippen LogP contribution in [0.1, 0.15) is 30.2 Å². The smallest absolute Gasteiger partial charge is 0.154 e. The molecule has 1 aromatic carbocycles. The van der Waals surface area contributed by atoms with Crippen LogP contribution in [0.25, 0.3) is 0 Å². The van der Waals surface area contributed by atoms with E-state index in [2.05, 4.69) is 42.0 Å². The molecule has 0 saturated carbocycles. The summed E-state index contributed by atoms with van der Waals surface area (Å²) in [5, 5.41) is 4.54. The zero-order valence-electron chi connectivity index (χ0n) is 12.5. The number of rotatable bonds is 2. The number of nitrogens with zero attached hydrogens (tertiary/aromatic N) is 3. The van der Waals surface area contributed by atoms with Crippen molar-refractivity contribution in [1.82, 2.24) is 9.78 Å². The van der Waals surface area contributed by atoms with E-state index in [0.717, 1.165) is 43.0 Å². The lowest BCUT2D eigenvalue weighted by atomic mass is 9.99. The van der Waals surface area contributed by atoms with Crippen LogP contribution in [0.15, 0.2) is 18.2 Å². The van der Waals surface area contributed by atoms with Crippen LogP contribution in [-0.4, -0.2) is 16.3 Å². The molecule has 2 N–H and O–H groups in total. The highest BCUT2D eigenvalue weighted by molar-refractivity contribution is 5.76. The number of nitrogens with two attached hydrogens (primary N) is 1. The number of nitrogen functional groups attached to an aromatic ring is 1. The predicted molar refractivity (Wildman–Crippen MR) is 83.5 cm³/mol. The number of aromatic nitrogens is 2. The molecular weight excluding hydrogens is 248 g/mol. The zero-order chi connectivity index (χ0) is 14.3. The van der Waals surface area contributed by atoms with Crippen LogP contribution in [0.2, 0.25) is 0 Å². The standard InChI is InChI=1S/C16H22N4/c1-4-13-15(17)16(19(3)18-13)20-9-5-6-12-10-11(2)7-8-14(12)20/h7-8,10H,4-6,9,17H2,1-3H3. The number of anilines is 3. The molecule has 0 bridgehead atoms. The number of fused-ring (bicyclic) bond motifs is 1. The first kappa shape index (κ1) is 13.0. The summed E-state index contributed by atoms with van der Waals surface area (Å²) >= 11 is 0. The SMILES string of the molecule is CCc1nn(C)c(N2CCCc3cc(C)ccc32)c1N. The van der Waals surface area contributed by atoms with Crippen LogP contribution < -0.4 is 10.6 Å². The molecule has 4 nitrogen and oxygen atoms in total. The predicted octanol–water partition coefficient (Wildman–Crippen LogP) is 2.96. The largest absolute Gasteiger partial charge is 0.394 e. The van der Waals surface area contributed by atoms with Crippen molar-refractivity contribution < 1.29 is 0 Å². The molecule has 1 aromatic heterocycles. The molecular formula is C16H22N4. The van der Waals surface area contributed by atoms with Crippen molar-refractivity contribution in [1.29, 1.82) is 0 Å². The van der Waals surface area contributed by atoms with Crippen molar-refractivity contribution in [2.45, 2.75) is 33.1 Å². The minimum absolute atomic E-state index is 0.823. The number of benzene rings is 1. The van der Waals surface area contributed by atoms with Gasteiger partial charge in [-0.3, -0.25) is 4.68 Å². The summed E-state index contributed by atoms with van der Waals surface area (Å²) in [6, 6.07) is 6.67. The summed E-state index contributed by atoms with van der Waals surface area (Å²) < 4.78 is 1.92. The third kappa shape index (κ3) is 1.96. The Balaban J connectivity index is 2.11. The van der Waals surface area contributed by atoms with Gasteiger partial charge in [0.15, 0.2) is 5.82 Å². The molecule has 2 aromatic rings. The quantitative estimate of drug-likeness (QED) is 0.912. The summed E-state index contributed by atoms with van der Waals surface area (Å²) in [5.41, 5.74) is 12.1.